The second kappa shape index (κ2) is 15.0. The van der Waals surface area contributed by atoms with Crippen LogP contribution in [0.15, 0.2) is 235 Å². The van der Waals surface area contributed by atoms with Crippen LogP contribution in [0.4, 0.5) is 34.1 Å². The lowest BCUT2D eigenvalue weighted by atomic mass is 9.97. The Balaban J connectivity index is 0.909. The van der Waals surface area contributed by atoms with Crippen LogP contribution in [0.5, 0.6) is 0 Å². The van der Waals surface area contributed by atoms with Gasteiger partial charge in [-0.25, -0.2) is 0 Å². The van der Waals surface area contributed by atoms with Crippen LogP contribution in [0.25, 0.3) is 75.1 Å². The van der Waals surface area contributed by atoms with E-state index in [-0.39, 0.29) is 0 Å². The van der Waals surface area contributed by atoms with Crippen LogP contribution in [0, 0.1) is 0 Å². The quantitative estimate of drug-likeness (QED) is 0.152. The molecule has 4 heteroatoms. The van der Waals surface area contributed by atoms with E-state index in [9.17, 15) is 0 Å². The molecule has 12 rings (SSSR count). The lowest BCUT2D eigenvalue weighted by Crippen LogP contribution is -2.10. The van der Waals surface area contributed by atoms with Crippen molar-refractivity contribution in [1.82, 2.24) is 0 Å². The maximum Gasteiger partial charge on any atom is 0.135 e. The van der Waals surface area contributed by atoms with Crippen molar-refractivity contribution >= 4 is 98.3 Å². The van der Waals surface area contributed by atoms with Gasteiger partial charge in [0.15, 0.2) is 0 Å². The largest absolute Gasteiger partial charge is 0.456 e. The predicted octanol–water partition coefficient (Wildman–Crippen LogP) is 17.4. The summed E-state index contributed by atoms with van der Waals surface area (Å²) in [6.45, 7) is 0. The SMILES string of the molecule is c1ccc(N(c2ccccc2)c2ccc(-c3ccc4c(c3)sc3cccc(-c5ccc(N(c6ccc7oc8ccccc8c7c6)c6cccc7ccccc67)cc5)c34)cc2)cc1. The zero-order valence-electron chi connectivity index (χ0n) is 33.7. The minimum atomic E-state index is 0.887. The Morgan fingerprint density at radius 3 is 1.68 bits per heavy atom. The average Bonchev–Trinajstić information content (AvgIpc) is 3.91. The molecule has 0 fully saturated rings. The van der Waals surface area contributed by atoms with Crippen LogP contribution in [0.1, 0.15) is 0 Å². The lowest BCUT2D eigenvalue weighted by molar-refractivity contribution is 0.669. The molecular weight excluding hydrogens is 773 g/mol. The summed E-state index contributed by atoms with van der Waals surface area (Å²) >= 11 is 1.86. The van der Waals surface area contributed by atoms with Crippen molar-refractivity contribution in [2.75, 3.05) is 9.80 Å². The normalized spacial score (nSPS) is 11.5. The van der Waals surface area contributed by atoms with Gasteiger partial charge in [0.1, 0.15) is 11.2 Å². The first-order valence-corrected chi connectivity index (χ1v) is 21.8. The standard InChI is InChI=1S/C58H38N2OS/c1-3-15-43(16-4-1)59(44-17-5-2-6-18-44)45-30-25-39(26-31-45)42-29-35-51-57(37-42)62-56-24-12-21-49(58(51)56)41-27-32-46(33-28-41)60(53-22-11-14-40-13-7-8-19-48(40)53)47-34-36-55-52(38-47)50-20-9-10-23-54(50)61-55/h1-38H. The summed E-state index contributed by atoms with van der Waals surface area (Å²) < 4.78 is 8.81. The van der Waals surface area contributed by atoms with Gasteiger partial charge in [0.2, 0.25) is 0 Å². The molecule has 0 atom stereocenters. The molecule has 62 heavy (non-hydrogen) atoms. The Hall–Kier alpha value is -7.92. The number of benzene rings is 10. The summed E-state index contributed by atoms with van der Waals surface area (Å²) in [6, 6.07) is 82.8. The highest BCUT2D eigenvalue weighted by atomic mass is 32.1. The molecule has 0 aliphatic heterocycles. The minimum Gasteiger partial charge on any atom is -0.456 e. The first-order valence-electron chi connectivity index (χ1n) is 21.0. The third-order valence-corrected chi connectivity index (χ3v) is 13.2. The van der Waals surface area contributed by atoms with Crippen molar-refractivity contribution in [3.8, 4) is 22.3 Å². The van der Waals surface area contributed by atoms with E-state index in [4.69, 9.17) is 4.42 Å². The Kier molecular flexibility index (Phi) is 8.68. The molecule has 0 aliphatic carbocycles. The zero-order chi connectivity index (χ0) is 41.0. The molecule has 10 aromatic carbocycles. The number of thiophene rings is 1. The zero-order valence-corrected chi connectivity index (χ0v) is 34.5. The second-order valence-corrected chi connectivity index (χ2v) is 16.8. The highest BCUT2D eigenvalue weighted by molar-refractivity contribution is 7.26. The summed E-state index contributed by atoms with van der Waals surface area (Å²) in [6.07, 6.45) is 0. The van der Waals surface area contributed by atoms with E-state index >= 15 is 0 Å². The van der Waals surface area contributed by atoms with Crippen LogP contribution in [0.2, 0.25) is 0 Å². The summed E-state index contributed by atoms with van der Waals surface area (Å²) in [4.78, 5) is 4.68. The molecule has 0 bridgehead atoms. The molecule has 0 saturated heterocycles. The first-order chi connectivity index (χ1) is 30.7. The Morgan fingerprint density at radius 2 is 0.903 bits per heavy atom. The topological polar surface area (TPSA) is 19.6 Å². The number of hydrogen-bond acceptors (Lipinski definition) is 4. The summed E-state index contributed by atoms with van der Waals surface area (Å²) in [5, 5.41) is 7.20. The third-order valence-electron chi connectivity index (χ3n) is 12.0. The predicted molar refractivity (Wildman–Crippen MR) is 264 cm³/mol. The molecule has 0 spiro atoms. The van der Waals surface area contributed by atoms with Gasteiger partial charge in [-0.2, -0.15) is 0 Å². The number of fused-ring (bicyclic) bond motifs is 7. The fourth-order valence-electron chi connectivity index (χ4n) is 9.12. The fraction of sp³-hybridized carbons (Fsp3) is 0. The van der Waals surface area contributed by atoms with Gasteiger partial charge in [-0.15, -0.1) is 11.3 Å². The number of hydrogen-bond donors (Lipinski definition) is 0. The van der Waals surface area contributed by atoms with Gasteiger partial charge >= 0.3 is 0 Å². The summed E-state index contributed by atoms with van der Waals surface area (Å²) in [5.74, 6) is 0. The van der Waals surface area contributed by atoms with E-state index in [0.29, 0.717) is 0 Å². The number of rotatable bonds is 8. The third kappa shape index (κ3) is 6.20. The van der Waals surface area contributed by atoms with Crippen molar-refractivity contribution in [2.45, 2.75) is 0 Å². The monoisotopic (exact) mass is 810 g/mol. The van der Waals surface area contributed by atoms with Crippen molar-refractivity contribution in [2.24, 2.45) is 0 Å². The van der Waals surface area contributed by atoms with Gasteiger partial charge < -0.3 is 14.2 Å². The van der Waals surface area contributed by atoms with Crippen LogP contribution in [-0.2, 0) is 0 Å². The lowest BCUT2D eigenvalue weighted by Gasteiger charge is -2.27. The van der Waals surface area contributed by atoms with E-state index < -0.39 is 0 Å². The van der Waals surface area contributed by atoms with Crippen LogP contribution in [-0.4, -0.2) is 0 Å². The highest BCUT2D eigenvalue weighted by Crippen LogP contribution is 2.45. The molecule has 0 saturated carbocycles. The van der Waals surface area contributed by atoms with Crippen molar-refractivity contribution < 1.29 is 4.42 Å². The number of anilines is 6. The van der Waals surface area contributed by atoms with E-state index in [1.807, 2.05) is 23.5 Å². The van der Waals surface area contributed by atoms with Gasteiger partial charge in [-0.1, -0.05) is 140 Å². The smallest absolute Gasteiger partial charge is 0.135 e. The maximum atomic E-state index is 6.24. The molecule has 0 radical (unpaired) electrons. The van der Waals surface area contributed by atoms with Crippen LogP contribution in [0.3, 0.4) is 0 Å². The van der Waals surface area contributed by atoms with Crippen LogP contribution >= 0.6 is 11.3 Å². The van der Waals surface area contributed by atoms with E-state index in [1.165, 1.54) is 53.2 Å². The molecule has 2 heterocycles. The van der Waals surface area contributed by atoms with Crippen molar-refractivity contribution in [3.05, 3.63) is 231 Å². The van der Waals surface area contributed by atoms with Gasteiger partial charge in [0.05, 0.1) is 5.69 Å². The van der Waals surface area contributed by atoms with Crippen LogP contribution < -0.4 is 9.80 Å². The van der Waals surface area contributed by atoms with E-state index in [2.05, 4.69) is 228 Å². The Morgan fingerprint density at radius 1 is 0.323 bits per heavy atom. The van der Waals surface area contributed by atoms with E-state index in [0.717, 1.165) is 56.1 Å². The molecule has 0 aliphatic rings. The number of nitrogens with zero attached hydrogens (tertiary/aromatic N) is 2. The Bertz CT molecular complexity index is 3530. The summed E-state index contributed by atoms with van der Waals surface area (Å²) in [5.41, 5.74) is 13.3. The minimum absolute atomic E-state index is 0.887. The van der Waals surface area contributed by atoms with Gasteiger partial charge in [-0.3, -0.25) is 0 Å². The first kappa shape index (κ1) is 36.0. The van der Waals surface area contributed by atoms with Crippen molar-refractivity contribution in [1.29, 1.82) is 0 Å². The molecule has 12 aromatic rings. The summed E-state index contributed by atoms with van der Waals surface area (Å²) in [7, 11) is 0. The molecule has 3 nitrogen and oxygen atoms in total. The molecule has 292 valence electrons. The molecule has 2 aromatic heterocycles. The molecule has 0 amide bonds. The van der Waals surface area contributed by atoms with Gasteiger partial charge in [-0.05, 0) is 119 Å². The Labute approximate surface area is 363 Å². The maximum absolute atomic E-state index is 6.24. The van der Waals surface area contributed by atoms with E-state index in [1.54, 1.807) is 0 Å². The number of para-hydroxylation sites is 3. The molecule has 0 N–H and O–H groups in total. The van der Waals surface area contributed by atoms with Crippen molar-refractivity contribution in [3.63, 3.8) is 0 Å². The molecule has 0 unspecified atom stereocenters. The van der Waals surface area contributed by atoms with Gasteiger partial charge in [0, 0.05) is 64.8 Å². The number of furan rings is 1. The van der Waals surface area contributed by atoms with Gasteiger partial charge in [0.25, 0.3) is 0 Å². The second-order valence-electron chi connectivity index (χ2n) is 15.7. The highest BCUT2D eigenvalue weighted by Gasteiger charge is 2.19. The fourth-order valence-corrected chi connectivity index (χ4v) is 10.3. The molecular formula is C58H38N2OS. The average molecular weight is 811 g/mol.